The van der Waals surface area contributed by atoms with Gasteiger partial charge in [-0.3, -0.25) is 9.59 Å². The number of nitrogens with one attached hydrogen (secondary N) is 3. The zero-order valence-electron chi connectivity index (χ0n) is 15.1. The number of carbonyl (C=O) groups excluding carboxylic acids is 2. The molecule has 3 N–H and O–H groups in total. The molecule has 2 amide bonds. The van der Waals surface area contributed by atoms with Crippen molar-refractivity contribution in [3.8, 4) is 0 Å². The second-order valence-corrected chi connectivity index (χ2v) is 5.81. The third-order valence-corrected chi connectivity index (χ3v) is 3.65. The normalized spacial score (nSPS) is 11.0. The van der Waals surface area contributed by atoms with Gasteiger partial charge in [0.25, 0.3) is 5.91 Å². The molecule has 0 saturated carbocycles. The first-order valence-corrected chi connectivity index (χ1v) is 8.38. The monoisotopic (exact) mass is 395 g/mol. The Bertz CT molecular complexity index is 825. The van der Waals surface area contributed by atoms with Crippen LogP contribution in [0.5, 0.6) is 0 Å². The number of halogens is 3. The predicted molar refractivity (Wildman–Crippen MR) is 99.2 cm³/mol. The van der Waals surface area contributed by atoms with Gasteiger partial charge in [0.05, 0.1) is 18.7 Å². The van der Waals surface area contributed by atoms with Gasteiger partial charge < -0.3 is 20.7 Å². The summed E-state index contributed by atoms with van der Waals surface area (Å²) < 4.78 is 43.1. The van der Waals surface area contributed by atoms with Crippen molar-refractivity contribution in [3.63, 3.8) is 0 Å². The zero-order chi connectivity index (χ0) is 20.6. The van der Waals surface area contributed by atoms with Crippen molar-refractivity contribution in [3.05, 3.63) is 59.7 Å². The number of methoxy groups -OCH3 is 1. The quantitative estimate of drug-likeness (QED) is 0.600. The molecule has 0 atom stereocenters. The number of amides is 2. The lowest BCUT2D eigenvalue weighted by Gasteiger charge is -2.11. The Balaban J connectivity index is 1.97. The number of carbonyl (C=O) groups is 2. The Labute approximate surface area is 160 Å². The average molecular weight is 395 g/mol. The molecule has 0 aromatic heterocycles. The number of ether oxygens (including phenoxy) is 1. The summed E-state index contributed by atoms with van der Waals surface area (Å²) in [5, 5.41) is 7.96. The maximum absolute atomic E-state index is 12.8. The van der Waals surface area contributed by atoms with E-state index in [1.165, 1.54) is 31.4 Å². The molecule has 2 aromatic rings. The van der Waals surface area contributed by atoms with Gasteiger partial charge in [0.15, 0.2) is 0 Å². The van der Waals surface area contributed by atoms with Crippen LogP contribution in [0.3, 0.4) is 0 Å². The molecule has 0 saturated heterocycles. The van der Waals surface area contributed by atoms with E-state index in [0.717, 1.165) is 12.1 Å². The number of benzene rings is 2. The van der Waals surface area contributed by atoms with Crippen LogP contribution in [0.15, 0.2) is 48.5 Å². The summed E-state index contributed by atoms with van der Waals surface area (Å²) in [6.07, 6.45) is -4.49. The molecule has 2 aromatic carbocycles. The highest BCUT2D eigenvalue weighted by atomic mass is 19.4. The van der Waals surface area contributed by atoms with Crippen LogP contribution in [-0.2, 0) is 15.7 Å². The van der Waals surface area contributed by atoms with Crippen LogP contribution in [0.1, 0.15) is 15.9 Å². The topological polar surface area (TPSA) is 79.5 Å². The Morgan fingerprint density at radius 2 is 1.75 bits per heavy atom. The van der Waals surface area contributed by atoms with E-state index in [9.17, 15) is 22.8 Å². The summed E-state index contributed by atoms with van der Waals surface area (Å²) in [6, 6.07) is 10.7. The van der Waals surface area contributed by atoms with Gasteiger partial charge in [-0.2, -0.15) is 13.2 Å². The van der Waals surface area contributed by atoms with Crippen molar-refractivity contribution < 1.29 is 27.5 Å². The number of hydrogen-bond acceptors (Lipinski definition) is 4. The van der Waals surface area contributed by atoms with Crippen LogP contribution >= 0.6 is 0 Å². The summed E-state index contributed by atoms with van der Waals surface area (Å²) in [7, 11) is 1.53. The lowest BCUT2D eigenvalue weighted by molar-refractivity contribution is -0.137. The SMILES string of the molecule is COCCNC(=O)CNc1cccc(C(=O)Nc2cccc(C(F)(F)F)c2)c1. The van der Waals surface area contributed by atoms with Gasteiger partial charge in [0, 0.05) is 30.6 Å². The van der Waals surface area contributed by atoms with Crippen LogP contribution in [-0.4, -0.2) is 38.6 Å². The summed E-state index contributed by atoms with van der Waals surface area (Å²) in [5.74, 6) is -0.802. The van der Waals surface area contributed by atoms with Crippen molar-refractivity contribution in [2.75, 3.05) is 37.4 Å². The maximum atomic E-state index is 12.8. The average Bonchev–Trinajstić information content (AvgIpc) is 2.66. The van der Waals surface area contributed by atoms with Crippen molar-refractivity contribution in [1.29, 1.82) is 0 Å². The number of hydrogen-bond donors (Lipinski definition) is 3. The van der Waals surface area contributed by atoms with E-state index < -0.39 is 17.6 Å². The Morgan fingerprint density at radius 1 is 1.04 bits per heavy atom. The Morgan fingerprint density at radius 3 is 2.46 bits per heavy atom. The van der Waals surface area contributed by atoms with Gasteiger partial charge in [-0.1, -0.05) is 12.1 Å². The van der Waals surface area contributed by atoms with Crippen molar-refractivity contribution in [2.24, 2.45) is 0 Å². The highest BCUT2D eigenvalue weighted by Gasteiger charge is 2.30. The van der Waals surface area contributed by atoms with Gasteiger partial charge in [0.1, 0.15) is 0 Å². The van der Waals surface area contributed by atoms with E-state index in [1.54, 1.807) is 12.1 Å². The van der Waals surface area contributed by atoms with Crippen LogP contribution < -0.4 is 16.0 Å². The molecule has 0 aliphatic heterocycles. The molecule has 0 fully saturated rings. The van der Waals surface area contributed by atoms with Gasteiger partial charge in [-0.25, -0.2) is 0 Å². The zero-order valence-corrected chi connectivity index (χ0v) is 15.1. The molecular weight excluding hydrogens is 375 g/mol. The fourth-order valence-electron chi connectivity index (χ4n) is 2.28. The van der Waals surface area contributed by atoms with Gasteiger partial charge >= 0.3 is 6.18 Å². The maximum Gasteiger partial charge on any atom is 0.416 e. The summed E-state index contributed by atoms with van der Waals surface area (Å²) >= 11 is 0. The molecule has 0 unspecified atom stereocenters. The second-order valence-electron chi connectivity index (χ2n) is 5.81. The largest absolute Gasteiger partial charge is 0.416 e. The van der Waals surface area contributed by atoms with Gasteiger partial charge in [-0.05, 0) is 36.4 Å². The Hall–Kier alpha value is -3.07. The highest BCUT2D eigenvalue weighted by Crippen LogP contribution is 2.30. The summed E-state index contributed by atoms with van der Waals surface area (Å²) in [5.41, 5.74) is -0.0447. The number of anilines is 2. The molecule has 0 spiro atoms. The van der Waals surface area contributed by atoms with E-state index in [4.69, 9.17) is 4.74 Å². The number of alkyl halides is 3. The smallest absolute Gasteiger partial charge is 0.383 e. The van der Waals surface area contributed by atoms with Crippen molar-refractivity contribution in [2.45, 2.75) is 6.18 Å². The first kappa shape index (κ1) is 21.2. The highest BCUT2D eigenvalue weighted by molar-refractivity contribution is 6.04. The van der Waals surface area contributed by atoms with Crippen LogP contribution in [0, 0.1) is 0 Å². The van der Waals surface area contributed by atoms with Crippen molar-refractivity contribution >= 4 is 23.2 Å². The predicted octanol–water partition coefficient (Wildman–Crippen LogP) is 3.13. The second kappa shape index (κ2) is 9.75. The first-order valence-electron chi connectivity index (χ1n) is 8.38. The molecule has 0 radical (unpaired) electrons. The van der Waals surface area contributed by atoms with Crippen LogP contribution in [0.2, 0.25) is 0 Å². The van der Waals surface area contributed by atoms with Gasteiger partial charge in [0.2, 0.25) is 5.91 Å². The van der Waals surface area contributed by atoms with E-state index in [2.05, 4.69) is 16.0 Å². The minimum atomic E-state index is -4.49. The van der Waals surface area contributed by atoms with E-state index in [-0.39, 0.29) is 23.7 Å². The third-order valence-electron chi connectivity index (χ3n) is 3.65. The molecule has 0 aliphatic carbocycles. The van der Waals surface area contributed by atoms with E-state index in [0.29, 0.717) is 18.8 Å². The lowest BCUT2D eigenvalue weighted by atomic mass is 10.1. The molecule has 9 heteroatoms. The summed E-state index contributed by atoms with van der Waals surface area (Å²) in [4.78, 5) is 24.0. The molecule has 150 valence electrons. The summed E-state index contributed by atoms with van der Waals surface area (Å²) in [6.45, 7) is 0.787. The van der Waals surface area contributed by atoms with Crippen LogP contribution in [0.25, 0.3) is 0 Å². The lowest BCUT2D eigenvalue weighted by Crippen LogP contribution is -2.32. The van der Waals surface area contributed by atoms with Gasteiger partial charge in [-0.15, -0.1) is 0 Å². The van der Waals surface area contributed by atoms with Crippen LogP contribution in [0.4, 0.5) is 24.5 Å². The third kappa shape index (κ3) is 6.58. The van der Waals surface area contributed by atoms with E-state index in [1.807, 2.05) is 0 Å². The first-order chi connectivity index (χ1) is 13.3. The molecule has 6 nitrogen and oxygen atoms in total. The van der Waals surface area contributed by atoms with Crippen molar-refractivity contribution in [1.82, 2.24) is 5.32 Å². The molecule has 0 bridgehead atoms. The minimum absolute atomic E-state index is 0.00240. The molecule has 28 heavy (non-hydrogen) atoms. The molecule has 0 heterocycles. The molecule has 0 aliphatic rings. The fourth-order valence-corrected chi connectivity index (χ4v) is 2.28. The van der Waals surface area contributed by atoms with E-state index >= 15 is 0 Å². The Kier molecular flexibility index (Phi) is 7.39. The molecular formula is C19H20F3N3O3. The minimum Gasteiger partial charge on any atom is -0.383 e. The fraction of sp³-hybridized carbons (Fsp3) is 0.263. The number of rotatable bonds is 8. The molecule has 2 rings (SSSR count). The standard InChI is InChI=1S/C19H20F3N3O3/c1-28-9-8-23-17(26)12-24-15-6-2-4-13(10-15)18(27)25-16-7-3-5-14(11-16)19(20,21)22/h2-7,10-11,24H,8-9,12H2,1H3,(H,23,26)(H,25,27).